The van der Waals surface area contributed by atoms with Crippen molar-refractivity contribution in [2.75, 3.05) is 18.8 Å². The topological polar surface area (TPSA) is 67.9 Å². The molecule has 0 saturated carbocycles. The number of nitrogens with zero attached hydrogens (tertiary/aromatic N) is 1. The molecule has 6 nitrogen and oxygen atoms in total. The Morgan fingerprint density at radius 1 is 1.15 bits per heavy atom. The van der Waals surface area contributed by atoms with E-state index in [2.05, 4.69) is 5.32 Å². The summed E-state index contributed by atoms with van der Waals surface area (Å²) in [5.74, 6) is 1.32. The summed E-state index contributed by atoms with van der Waals surface area (Å²) in [6.07, 6.45) is -0.470. The van der Waals surface area contributed by atoms with E-state index in [4.69, 9.17) is 9.47 Å². The lowest BCUT2D eigenvalue weighted by Gasteiger charge is -2.26. The van der Waals surface area contributed by atoms with Crippen molar-refractivity contribution < 1.29 is 19.1 Å². The molecule has 1 unspecified atom stereocenters. The lowest BCUT2D eigenvalue weighted by Crippen LogP contribution is -2.39. The third kappa shape index (κ3) is 6.97. The fourth-order valence-electron chi connectivity index (χ4n) is 2.62. The standard InChI is InChI=1S/C20H30N2O4S/c1-19(2,3)25-15-9-7-14(8-10-15)17-22(16(23)13-27-17)12-11-21-18(24)26-20(4,5)6/h7-10,17H,11-13H2,1-6H3,(H,21,24). The van der Waals surface area contributed by atoms with Gasteiger partial charge in [-0.05, 0) is 59.2 Å². The molecule has 7 heteroatoms. The van der Waals surface area contributed by atoms with Gasteiger partial charge in [-0.25, -0.2) is 4.79 Å². The van der Waals surface area contributed by atoms with Crippen LogP contribution < -0.4 is 10.1 Å². The molecule has 0 aromatic heterocycles. The van der Waals surface area contributed by atoms with Crippen molar-refractivity contribution >= 4 is 23.8 Å². The predicted octanol–water partition coefficient (Wildman–Crippen LogP) is 3.96. The molecule has 0 radical (unpaired) electrons. The highest BCUT2D eigenvalue weighted by atomic mass is 32.2. The van der Waals surface area contributed by atoms with Gasteiger partial charge in [-0.15, -0.1) is 11.8 Å². The van der Waals surface area contributed by atoms with Gasteiger partial charge in [0.25, 0.3) is 0 Å². The zero-order valence-corrected chi connectivity index (χ0v) is 17.8. The van der Waals surface area contributed by atoms with Crippen LogP contribution >= 0.6 is 11.8 Å². The fraction of sp³-hybridized carbons (Fsp3) is 0.600. The summed E-state index contributed by atoms with van der Waals surface area (Å²) >= 11 is 1.59. The quantitative estimate of drug-likeness (QED) is 0.819. The van der Waals surface area contributed by atoms with E-state index in [1.54, 1.807) is 16.7 Å². The molecule has 0 bridgehead atoms. The highest BCUT2D eigenvalue weighted by molar-refractivity contribution is 8.00. The minimum Gasteiger partial charge on any atom is -0.488 e. The first kappa shape index (κ1) is 21.4. The van der Waals surface area contributed by atoms with E-state index in [1.807, 2.05) is 65.8 Å². The third-order valence-corrected chi connectivity index (χ3v) is 4.83. The first-order valence-corrected chi connectivity index (χ1v) is 10.2. The van der Waals surface area contributed by atoms with Gasteiger partial charge in [-0.2, -0.15) is 0 Å². The van der Waals surface area contributed by atoms with Gasteiger partial charge in [0.1, 0.15) is 22.3 Å². The SMILES string of the molecule is CC(C)(C)OC(=O)NCCN1C(=O)CSC1c1ccc(OC(C)(C)C)cc1. The first-order chi connectivity index (χ1) is 12.4. The van der Waals surface area contributed by atoms with Crippen molar-refractivity contribution in [1.29, 1.82) is 0 Å². The number of hydrogen-bond donors (Lipinski definition) is 1. The third-order valence-electron chi connectivity index (χ3n) is 3.58. The van der Waals surface area contributed by atoms with Gasteiger partial charge >= 0.3 is 6.09 Å². The van der Waals surface area contributed by atoms with Crippen molar-refractivity contribution in [3.63, 3.8) is 0 Å². The van der Waals surface area contributed by atoms with Gasteiger partial charge < -0.3 is 19.7 Å². The molecule has 1 aliphatic heterocycles. The van der Waals surface area contributed by atoms with E-state index in [0.29, 0.717) is 18.8 Å². The number of benzene rings is 1. The Morgan fingerprint density at radius 2 is 1.78 bits per heavy atom. The van der Waals surface area contributed by atoms with Gasteiger partial charge in [0, 0.05) is 13.1 Å². The maximum atomic E-state index is 12.3. The van der Waals surface area contributed by atoms with E-state index in [-0.39, 0.29) is 16.9 Å². The zero-order valence-electron chi connectivity index (χ0n) is 17.0. The summed E-state index contributed by atoms with van der Waals surface area (Å²) in [6.45, 7) is 12.3. The van der Waals surface area contributed by atoms with Crippen LogP contribution in [0, 0.1) is 0 Å². The Morgan fingerprint density at radius 3 is 2.33 bits per heavy atom. The second kappa shape index (κ2) is 8.42. The highest BCUT2D eigenvalue weighted by Gasteiger charge is 2.32. The molecule has 0 spiro atoms. The lowest BCUT2D eigenvalue weighted by molar-refractivity contribution is -0.128. The summed E-state index contributed by atoms with van der Waals surface area (Å²) in [5, 5.41) is 2.66. The van der Waals surface area contributed by atoms with Gasteiger partial charge in [-0.1, -0.05) is 12.1 Å². The molecule has 1 N–H and O–H groups in total. The van der Waals surface area contributed by atoms with Crippen LogP contribution in [0.2, 0.25) is 0 Å². The van der Waals surface area contributed by atoms with E-state index in [9.17, 15) is 9.59 Å². The van der Waals surface area contributed by atoms with Crippen LogP contribution in [0.25, 0.3) is 0 Å². The maximum Gasteiger partial charge on any atom is 0.407 e. The predicted molar refractivity (Wildman–Crippen MR) is 108 cm³/mol. The van der Waals surface area contributed by atoms with Crippen LogP contribution in [-0.2, 0) is 9.53 Å². The van der Waals surface area contributed by atoms with Crippen LogP contribution in [0.3, 0.4) is 0 Å². The average molecular weight is 395 g/mol. The summed E-state index contributed by atoms with van der Waals surface area (Å²) in [5.41, 5.74) is 0.256. The number of amides is 2. The molecule has 1 fully saturated rings. The van der Waals surface area contributed by atoms with Crippen LogP contribution in [0.4, 0.5) is 4.79 Å². The van der Waals surface area contributed by atoms with E-state index in [0.717, 1.165) is 11.3 Å². The molecule has 1 saturated heterocycles. The molecular weight excluding hydrogens is 364 g/mol. The fourth-order valence-corrected chi connectivity index (χ4v) is 3.84. The molecule has 1 aromatic carbocycles. The zero-order chi connectivity index (χ0) is 20.2. The molecule has 1 aliphatic rings. The number of rotatable bonds is 5. The number of carbonyl (C=O) groups is 2. The van der Waals surface area contributed by atoms with E-state index in [1.165, 1.54) is 0 Å². The molecule has 1 heterocycles. The molecule has 2 amide bonds. The molecule has 1 atom stereocenters. The minimum absolute atomic E-state index is 0.0541. The summed E-state index contributed by atoms with van der Waals surface area (Å²) in [4.78, 5) is 25.8. The van der Waals surface area contributed by atoms with Crippen molar-refractivity contribution in [1.82, 2.24) is 10.2 Å². The first-order valence-electron chi connectivity index (χ1n) is 9.11. The minimum atomic E-state index is -0.539. The maximum absolute atomic E-state index is 12.3. The van der Waals surface area contributed by atoms with E-state index < -0.39 is 11.7 Å². The highest BCUT2D eigenvalue weighted by Crippen LogP contribution is 2.38. The molecular formula is C20H30N2O4S. The summed E-state index contributed by atoms with van der Waals surface area (Å²) in [6, 6.07) is 7.85. The summed E-state index contributed by atoms with van der Waals surface area (Å²) in [7, 11) is 0. The molecule has 27 heavy (non-hydrogen) atoms. The normalized spacial score (nSPS) is 17.8. The number of carbonyl (C=O) groups excluding carboxylic acids is 2. The Labute approximate surface area is 166 Å². The molecule has 150 valence electrons. The van der Waals surface area contributed by atoms with Gasteiger partial charge in [0.2, 0.25) is 5.91 Å². The van der Waals surface area contributed by atoms with E-state index >= 15 is 0 Å². The van der Waals surface area contributed by atoms with Crippen LogP contribution in [0.1, 0.15) is 52.5 Å². The van der Waals surface area contributed by atoms with Crippen molar-refractivity contribution in [2.24, 2.45) is 0 Å². The van der Waals surface area contributed by atoms with Gasteiger partial charge in [-0.3, -0.25) is 4.79 Å². The van der Waals surface area contributed by atoms with Crippen molar-refractivity contribution in [3.8, 4) is 5.75 Å². The average Bonchev–Trinajstić information content (AvgIpc) is 2.86. The number of thioether (sulfide) groups is 1. The van der Waals surface area contributed by atoms with Crippen molar-refractivity contribution in [2.45, 2.75) is 58.1 Å². The smallest absolute Gasteiger partial charge is 0.407 e. The number of nitrogens with one attached hydrogen (secondary N) is 1. The Bertz CT molecular complexity index is 662. The number of alkyl carbamates (subject to hydrolysis) is 1. The largest absolute Gasteiger partial charge is 0.488 e. The van der Waals surface area contributed by atoms with Crippen molar-refractivity contribution in [3.05, 3.63) is 29.8 Å². The second-order valence-electron chi connectivity index (χ2n) is 8.46. The van der Waals surface area contributed by atoms with Crippen LogP contribution in [-0.4, -0.2) is 46.9 Å². The number of hydrogen-bond acceptors (Lipinski definition) is 5. The Kier molecular flexibility index (Phi) is 6.68. The summed E-state index contributed by atoms with van der Waals surface area (Å²) < 4.78 is 11.1. The van der Waals surface area contributed by atoms with Gasteiger partial charge in [0.15, 0.2) is 0 Å². The molecule has 2 rings (SSSR count). The lowest BCUT2D eigenvalue weighted by atomic mass is 10.1. The monoisotopic (exact) mass is 394 g/mol. The molecule has 0 aliphatic carbocycles. The molecule has 1 aromatic rings. The number of ether oxygens (including phenoxy) is 2. The Hall–Kier alpha value is -1.89. The van der Waals surface area contributed by atoms with Crippen LogP contribution in [0.15, 0.2) is 24.3 Å². The second-order valence-corrected chi connectivity index (χ2v) is 9.53. The van der Waals surface area contributed by atoms with Crippen LogP contribution in [0.5, 0.6) is 5.75 Å². The van der Waals surface area contributed by atoms with Gasteiger partial charge in [0.05, 0.1) is 5.75 Å². The Balaban J connectivity index is 1.94.